The van der Waals surface area contributed by atoms with Gasteiger partial charge in [0.1, 0.15) is 0 Å². The van der Waals surface area contributed by atoms with E-state index in [1.165, 1.54) is 77.0 Å². The molecule has 0 radical (unpaired) electrons. The third kappa shape index (κ3) is 439. The zero-order valence-electron chi connectivity index (χ0n) is 22.8. The van der Waals surface area contributed by atoms with E-state index in [9.17, 15) is 0 Å². The zero-order valence-corrected chi connectivity index (χ0v) is 24.3. The predicted molar refractivity (Wildman–Crippen MR) is 141 cm³/mol. The fraction of sp³-hybridized carbons (Fsp3) is 1.00. The van der Waals surface area contributed by atoms with E-state index in [0.717, 1.165) is 0 Å². The first-order valence-corrected chi connectivity index (χ1v) is 15.2. The van der Waals surface area contributed by atoms with Gasteiger partial charge in [0.15, 0.2) is 0 Å². The summed E-state index contributed by atoms with van der Waals surface area (Å²) in [4.78, 5) is 0. The molecule has 0 saturated heterocycles. The summed E-state index contributed by atoms with van der Waals surface area (Å²) in [5.74, 6) is 0. The van der Waals surface area contributed by atoms with Crippen LogP contribution in [0.3, 0.4) is 0 Å². The summed E-state index contributed by atoms with van der Waals surface area (Å²) in [5.41, 5.74) is 0. The normalized spacial score (nSPS) is 8.00. The maximum absolute atomic E-state index is 7.38. The summed E-state index contributed by atoms with van der Waals surface area (Å²) >= 11 is -5.00. The Balaban J connectivity index is -0.0000000313. The molecule has 0 aromatic heterocycles. The minimum atomic E-state index is -5.00. The molecule has 0 aliphatic rings. The van der Waals surface area contributed by atoms with Gasteiger partial charge in [0.2, 0.25) is 0 Å². The van der Waals surface area contributed by atoms with Crippen LogP contribution in [0, 0.1) is 0 Å². The van der Waals surface area contributed by atoms with Crippen LogP contribution in [0.2, 0.25) is 0 Å². The maximum atomic E-state index is 7.38. The van der Waals surface area contributed by atoms with Crippen molar-refractivity contribution >= 4 is 23.1 Å². The molecule has 0 atom stereocenters. The van der Waals surface area contributed by atoms with Crippen molar-refractivity contribution in [2.45, 2.75) is 160 Å². The zero-order chi connectivity index (χ0) is 25.0. The Morgan fingerprint density at radius 3 is 0.333 bits per heavy atom. The third-order valence-corrected chi connectivity index (χ3v) is 3.00. The Morgan fingerprint density at radius 2 is 0.333 bits per heavy atom. The molecule has 0 aliphatic carbocycles. The van der Waals surface area contributed by atoms with Crippen LogP contribution in [-0.2, 0) is 18.1 Å². The molecule has 6 heteroatoms. The molecule has 30 heavy (non-hydrogen) atoms. The fourth-order valence-electron chi connectivity index (χ4n) is 0. The van der Waals surface area contributed by atoms with Gasteiger partial charge >= 0.3 is 55.9 Å². The summed E-state index contributed by atoms with van der Waals surface area (Å²) < 4.78 is 29.5. The summed E-state index contributed by atoms with van der Waals surface area (Å²) in [6.45, 7) is 26.2. The molecule has 0 fully saturated rings. The first-order chi connectivity index (χ1) is 13.5. The third-order valence-electron chi connectivity index (χ3n) is 3.00. The molecule has 4 N–H and O–H groups in total. The molecule has 0 spiro atoms. The molecule has 0 saturated carbocycles. The van der Waals surface area contributed by atoms with Crippen molar-refractivity contribution in [3.8, 4) is 0 Å². The fourth-order valence-corrected chi connectivity index (χ4v) is 0. The first kappa shape index (κ1) is 52.9. The monoisotopic (exact) mass is 490 g/mol. The molecule has 0 rings (SSSR count). The summed E-state index contributed by atoms with van der Waals surface area (Å²) in [6.07, 6.45) is 15.8. The topological polar surface area (TPSA) is 80.9 Å². The van der Waals surface area contributed by atoms with Gasteiger partial charge in [-0.25, -0.2) is 0 Å². The van der Waals surface area contributed by atoms with E-state index in [2.05, 4.69) is 83.1 Å². The van der Waals surface area contributed by atoms with Crippen LogP contribution in [0.1, 0.15) is 160 Å². The summed E-state index contributed by atoms with van der Waals surface area (Å²) in [5, 5.41) is 0. The first-order valence-electron chi connectivity index (χ1n) is 12.4. The molecule has 0 aliphatic heterocycles. The SMILES string of the molecule is CCCC.CCCC.CCCC.CCCC.CCCC.CCCC.[MgH2].[OH][Ti]([OH])([OH])[OH]. The van der Waals surface area contributed by atoms with Gasteiger partial charge in [-0.05, 0) is 0 Å². The van der Waals surface area contributed by atoms with Gasteiger partial charge in [-0.15, -0.1) is 0 Å². The Bertz CT molecular complexity index is 121. The number of unbranched alkanes of at least 4 members (excludes halogenated alkanes) is 6. The molecule has 4 nitrogen and oxygen atoms in total. The van der Waals surface area contributed by atoms with E-state index in [1.54, 1.807) is 0 Å². The second kappa shape index (κ2) is 69.8. The molecule has 192 valence electrons. The van der Waals surface area contributed by atoms with Crippen LogP contribution in [0.4, 0.5) is 0 Å². The van der Waals surface area contributed by atoms with Crippen LogP contribution in [-0.4, -0.2) is 37.8 Å². The van der Waals surface area contributed by atoms with Crippen LogP contribution < -0.4 is 0 Å². The predicted octanol–water partition coefficient (Wildman–Crippen LogP) is 7.69. The molecule has 0 amide bonds. The number of hydrogen-bond acceptors (Lipinski definition) is 4. The number of rotatable bonds is 6. The van der Waals surface area contributed by atoms with E-state index in [-0.39, 0.29) is 23.1 Å². The quantitative estimate of drug-likeness (QED) is 0.288. The van der Waals surface area contributed by atoms with Crippen molar-refractivity contribution in [3.63, 3.8) is 0 Å². The van der Waals surface area contributed by atoms with Gasteiger partial charge in [-0.1, -0.05) is 160 Å². The Morgan fingerprint density at radius 1 is 0.300 bits per heavy atom. The van der Waals surface area contributed by atoms with Gasteiger partial charge in [0.25, 0.3) is 0 Å². The number of hydrogen-bond donors (Lipinski definition) is 4. The van der Waals surface area contributed by atoms with Crippen molar-refractivity contribution < 1.29 is 32.9 Å². The van der Waals surface area contributed by atoms with Gasteiger partial charge in [0, 0.05) is 0 Å². The van der Waals surface area contributed by atoms with Gasteiger partial charge in [-0.3, -0.25) is 0 Å². The second-order valence-corrected chi connectivity index (χ2v) is 8.47. The molecular weight excluding hydrogens is 424 g/mol. The van der Waals surface area contributed by atoms with Crippen LogP contribution in [0.25, 0.3) is 0 Å². The Kier molecular flexibility index (Phi) is 123. The van der Waals surface area contributed by atoms with Crippen molar-refractivity contribution in [1.82, 2.24) is 0 Å². The molecule has 0 unspecified atom stereocenters. The average Bonchev–Trinajstić information content (AvgIpc) is 2.72. The van der Waals surface area contributed by atoms with Crippen molar-refractivity contribution in [3.05, 3.63) is 0 Å². The van der Waals surface area contributed by atoms with E-state index < -0.39 is 18.1 Å². The van der Waals surface area contributed by atoms with E-state index in [0.29, 0.717) is 0 Å². The van der Waals surface area contributed by atoms with Gasteiger partial charge in [0.05, 0.1) is 0 Å². The van der Waals surface area contributed by atoms with Crippen LogP contribution >= 0.6 is 0 Å². The van der Waals surface area contributed by atoms with E-state index in [4.69, 9.17) is 14.8 Å². The Labute approximate surface area is 215 Å². The van der Waals surface area contributed by atoms with E-state index in [1.807, 2.05) is 0 Å². The van der Waals surface area contributed by atoms with Gasteiger partial charge < -0.3 is 0 Å². The van der Waals surface area contributed by atoms with Crippen molar-refractivity contribution in [2.24, 2.45) is 0 Å². The van der Waals surface area contributed by atoms with Crippen LogP contribution in [0.5, 0.6) is 0 Å². The summed E-state index contributed by atoms with van der Waals surface area (Å²) in [7, 11) is 0. The molecule has 0 aromatic carbocycles. The minimum absolute atomic E-state index is 0. The summed E-state index contributed by atoms with van der Waals surface area (Å²) in [6, 6.07) is 0. The van der Waals surface area contributed by atoms with Gasteiger partial charge in [-0.2, -0.15) is 0 Å². The molecule has 0 heterocycles. The average molecular weight is 491 g/mol. The molecule has 0 aromatic rings. The second-order valence-electron chi connectivity index (χ2n) is 6.60. The van der Waals surface area contributed by atoms with Crippen molar-refractivity contribution in [1.29, 1.82) is 0 Å². The van der Waals surface area contributed by atoms with Crippen molar-refractivity contribution in [2.75, 3.05) is 0 Å². The van der Waals surface area contributed by atoms with Crippen LogP contribution in [0.15, 0.2) is 0 Å². The standard InChI is InChI=1S/6C4H10.Mg.4H2O.Ti.2H/c6*1-3-4-2;;;;;;;;/h6*3-4H2,1-2H3;;4*1H2;;;/q;;;;;;;;;;;+4;;/p-4. The Hall–Kier alpha value is 1.32. The molecular formula is C24H66MgO4Ti. The molecule has 0 bridgehead atoms. The van der Waals surface area contributed by atoms with E-state index >= 15 is 0 Å².